The third-order valence-corrected chi connectivity index (χ3v) is 4.11. The molecule has 1 aliphatic rings. The summed E-state index contributed by atoms with van der Waals surface area (Å²) >= 11 is 0. The molecule has 0 bridgehead atoms. The molecule has 1 unspecified atom stereocenters. The summed E-state index contributed by atoms with van der Waals surface area (Å²) in [7, 11) is 0. The van der Waals surface area contributed by atoms with E-state index in [4.69, 9.17) is 9.84 Å². The second-order valence-electron chi connectivity index (χ2n) is 5.78. The summed E-state index contributed by atoms with van der Waals surface area (Å²) < 4.78 is 5.14. The monoisotopic (exact) mass is 325 g/mol. The van der Waals surface area contributed by atoms with Crippen molar-refractivity contribution in [2.45, 2.75) is 12.5 Å². The maximum absolute atomic E-state index is 12.4. The lowest BCUT2D eigenvalue weighted by atomic mass is 10.0. The van der Waals surface area contributed by atoms with Crippen LogP contribution in [0.5, 0.6) is 0 Å². The molecular weight excluding hydrogens is 306 g/mol. The zero-order valence-electron chi connectivity index (χ0n) is 13.2. The molecule has 1 atom stereocenters. The van der Waals surface area contributed by atoms with E-state index in [0.717, 1.165) is 16.7 Å². The quantitative estimate of drug-likeness (QED) is 0.936. The Kier molecular flexibility index (Phi) is 4.91. The van der Waals surface area contributed by atoms with Crippen LogP contribution in [0.15, 0.2) is 54.6 Å². The molecule has 3 rings (SSSR count). The molecule has 0 radical (unpaired) electrons. The number of carbonyl (C=O) groups is 2. The molecule has 0 aromatic heterocycles. The maximum Gasteiger partial charge on any atom is 0.334 e. The Morgan fingerprint density at radius 1 is 1.04 bits per heavy atom. The van der Waals surface area contributed by atoms with Gasteiger partial charge in [0.25, 0.3) is 0 Å². The summed E-state index contributed by atoms with van der Waals surface area (Å²) in [4.78, 5) is 24.9. The molecule has 1 aliphatic heterocycles. The standard InChI is InChI=1S/C19H19NO4/c21-18(20-10-11-24-17(13-20)19(22)23)12-14-6-8-16(9-7-14)15-4-2-1-3-5-15/h1-9,17H,10-13H2,(H,22,23). The number of nitrogens with zero attached hydrogens (tertiary/aromatic N) is 1. The number of hydrogen-bond acceptors (Lipinski definition) is 3. The Hall–Kier alpha value is -2.66. The first-order chi connectivity index (χ1) is 11.6. The summed E-state index contributed by atoms with van der Waals surface area (Å²) in [6.45, 7) is 0.802. The van der Waals surface area contributed by atoms with Crippen LogP contribution < -0.4 is 0 Å². The summed E-state index contributed by atoms with van der Waals surface area (Å²) in [6.07, 6.45) is -0.662. The molecule has 0 aliphatic carbocycles. The van der Waals surface area contributed by atoms with Crippen LogP contribution in [0, 0.1) is 0 Å². The van der Waals surface area contributed by atoms with E-state index in [1.54, 1.807) is 4.90 Å². The van der Waals surface area contributed by atoms with E-state index in [1.807, 2.05) is 54.6 Å². The van der Waals surface area contributed by atoms with Gasteiger partial charge in [0.05, 0.1) is 19.6 Å². The predicted molar refractivity (Wildman–Crippen MR) is 89.5 cm³/mol. The van der Waals surface area contributed by atoms with Crippen LogP contribution in [0.25, 0.3) is 11.1 Å². The van der Waals surface area contributed by atoms with Crippen molar-refractivity contribution in [3.05, 3.63) is 60.2 Å². The number of carboxylic acid groups (broad SMARTS) is 1. The highest BCUT2D eigenvalue weighted by atomic mass is 16.5. The molecule has 0 spiro atoms. The highest BCUT2D eigenvalue weighted by Crippen LogP contribution is 2.19. The second-order valence-corrected chi connectivity index (χ2v) is 5.78. The fraction of sp³-hybridized carbons (Fsp3) is 0.263. The van der Waals surface area contributed by atoms with Gasteiger partial charge in [0.1, 0.15) is 0 Å². The summed E-state index contributed by atoms with van der Waals surface area (Å²) in [5, 5.41) is 9.00. The molecule has 1 saturated heterocycles. The Labute approximate surface area is 140 Å². The van der Waals surface area contributed by atoms with Crippen molar-refractivity contribution in [1.29, 1.82) is 0 Å². The van der Waals surface area contributed by atoms with E-state index in [2.05, 4.69) is 0 Å². The topological polar surface area (TPSA) is 66.8 Å². The van der Waals surface area contributed by atoms with Crippen molar-refractivity contribution in [2.24, 2.45) is 0 Å². The van der Waals surface area contributed by atoms with Gasteiger partial charge < -0.3 is 14.7 Å². The number of rotatable bonds is 4. The fourth-order valence-electron chi connectivity index (χ4n) is 2.76. The Bertz CT molecular complexity index is 712. The van der Waals surface area contributed by atoms with Crippen LogP contribution in [-0.4, -0.2) is 47.7 Å². The van der Waals surface area contributed by atoms with Crippen LogP contribution >= 0.6 is 0 Å². The van der Waals surface area contributed by atoms with E-state index >= 15 is 0 Å². The Morgan fingerprint density at radius 3 is 2.38 bits per heavy atom. The Morgan fingerprint density at radius 2 is 1.71 bits per heavy atom. The van der Waals surface area contributed by atoms with Gasteiger partial charge in [0, 0.05) is 6.54 Å². The lowest BCUT2D eigenvalue weighted by Crippen LogP contribution is -2.49. The van der Waals surface area contributed by atoms with Crippen molar-refractivity contribution < 1.29 is 19.4 Å². The molecule has 2 aromatic rings. The largest absolute Gasteiger partial charge is 0.479 e. The van der Waals surface area contributed by atoms with Crippen molar-refractivity contribution in [3.63, 3.8) is 0 Å². The van der Waals surface area contributed by atoms with Gasteiger partial charge in [-0.1, -0.05) is 54.6 Å². The summed E-state index contributed by atoms with van der Waals surface area (Å²) in [5.41, 5.74) is 3.15. The van der Waals surface area contributed by atoms with Gasteiger partial charge in [-0.2, -0.15) is 0 Å². The molecule has 5 nitrogen and oxygen atoms in total. The lowest BCUT2D eigenvalue weighted by molar-refractivity contribution is -0.159. The van der Waals surface area contributed by atoms with Gasteiger partial charge in [-0.05, 0) is 16.7 Å². The van der Waals surface area contributed by atoms with Crippen LogP contribution in [0.2, 0.25) is 0 Å². The molecule has 2 aromatic carbocycles. The van der Waals surface area contributed by atoms with E-state index in [-0.39, 0.29) is 25.5 Å². The lowest BCUT2D eigenvalue weighted by Gasteiger charge is -2.31. The van der Waals surface area contributed by atoms with Gasteiger partial charge in [0.2, 0.25) is 5.91 Å². The molecule has 124 valence electrons. The SMILES string of the molecule is O=C(O)C1CN(C(=O)Cc2ccc(-c3ccccc3)cc2)CCO1. The van der Waals surface area contributed by atoms with Crippen LogP contribution in [0.1, 0.15) is 5.56 Å². The van der Waals surface area contributed by atoms with Gasteiger partial charge in [0.15, 0.2) is 6.10 Å². The van der Waals surface area contributed by atoms with Gasteiger partial charge in [-0.25, -0.2) is 4.79 Å². The molecule has 5 heteroatoms. The van der Waals surface area contributed by atoms with Crippen LogP contribution in [0.4, 0.5) is 0 Å². The fourth-order valence-corrected chi connectivity index (χ4v) is 2.76. The number of aliphatic carboxylic acids is 1. The first kappa shape index (κ1) is 16.2. The minimum atomic E-state index is -1.03. The van der Waals surface area contributed by atoms with Crippen LogP contribution in [0.3, 0.4) is 0 Å². The number of ether oxygens (including phenoxy) is 1. The number of amides is 1. The molecule has 1 amide bonds. The molecule has 1 heterocycles. The third kappa shape index (κ3) is 3.81. The van der Waals surface area contributed by atoms with Gasteiger partial charge >= 0.3 is 5.97 Å². The van der Waals surface area contributed by atoms with E-state index < -0.39 is 12.1 Å². The maximum atomic E-state index is 12.4. The normalized spacial score (nSPS) is 17.5. The van der Waals surface area contributed by atoms with E-state index in [1.165, 1.54) is 0 Å². The second kappa shape index (κ2) is 7.27. The summed E-state index contributed by atoms with van der Waals surface area (Å²) in [6, 6.07) is 17.9. The number of morpholine rings is 1. The number of benzene rings is 2. The molecule has 0 saturated carbocycles. The summed E-state index contributed by atoms with van der Waals surface area (Å²) in [5.74, 6) is -1.10. The van der Waals surface area contributed by atoms with Crippen molar-refractivity contribution in [1.82, 2.24) is 4.90 Å². The Balaban J connectivity index is 1.63. The van der Waals surface area contributed by atoms with Gasteiger partial charge in [-0.15, -0.1) is 0 Å². The molecule has 24 heavy (non-hydrogen) atoms. The average molecular weight is 325 g/mol. The first-order valence-corrected chi connectivity index (χ1v) is 7.90. The first-order valence-electron chi connectivity index (χ1n) is 7.90. The number of hydrogen-bond donors (Lipinski definition) is 1. The van der Waals surface area contributed by atoms with E-state index in [9.17, 15) is 9.59 Å². The zero-order valence-corrected chi connectivity index (χ0v) is 13.2. The smallest absolute Gasteiger partial charge is 0.334 e. The highest BCUT2D eigenvalue weighted by Gasteiger charge is 2.28. The minimum Gasteiger partial charge on any atom is -0.479 e. The minimum absolute atomic E-state index is 0.0722. The number of carboxylic acids is 1. The number of carbonyl (C=O) groups excluding carboxylic acids is 1. The predicted octanol–water partition coefficient (Wildman–Crippen LogP) is 2.21. The highest BCUT2D eigenvalue weighted by molar-refractivity contribution is 5.80. The van der Waals surface area contributed by atoms with E-state index in [0.29, 0.717) is 6.54 Å². The zero-order chi connectivity index (χ0) is 16.9. The molecule has 1 N–H and O–H groups in total. The molecular formula is C19H19NO4. The molecule has 1 fully saturated rings. The van der Waals surface area contributed by atoms with Crippen LogP contribution in [-0.2, 0) is 20.7 Å². The van der Waals surface area contributed by atoms with Gasteiger partial charge in [-0.3, -0.25) is 4.79 Å². The third-order valence-electron chi connectivity index (χ3n) is 4.11. The van der Waals surface area contributed by atoms with Crippen molar-refractivity contribution >= 4 is 11.9 Å². The van der Waals surface area contributed by atoms with Crippen molar-refractivity contribution in [2.75, 3.05) is 19.7 Å². The van der Waals surface area contributed by atoms with Crippen molar-refractivity contribution in [3.8, 4) is 11.1 Å². The average Bonchev–Trinajstić information content (AvgIpc) is 2.63.